The van der Waals surface area contributed by atoms with Gasteiger partial charge in [0.05, 0.1) is 5.69 Å². The van der Waals surface area contributed by atoms with E-state index in [2.05, 4.69) is 11.6 Å². The highest BCUT2D eigenvalue weighted by Gasteiger charge is 2.00. The average molecular weight is 190 g/mol. The minimum absolute atomic E-state index is 0.271. The number of halogens is 1. The van der Waals surface area contributed by atoms with Crippen LogP contribution in [0.15, 0.2) is 41.4 Å². The summed E-state index contributed by atoms with van der Waals surface area (Å²) in [6.45, 7) is 5.30. The molecule has 0 saturated heterocycles. The van der Waals surface area contributed by atoms with E-state index in [1.807, 2.05) is 0 Å². The van der Waals surface area contributed by atoms with Gasteiger partial charge in [0.1, 0.15) is 5.82 Å². The zero-order valence-corrected chi connectivity index (χ0v) is 7.92. The highest BCUT2D eigenvalue weighted by molar-refractivity contribution is 6.14. The van der Waals surface area contributed by atoms with E-state index >= 15 is 0 Å². The van der Waals surface area contributed by atoms with Crippen LogP contribution in [0.3, 0.4) is 0 Å². The molecule has 0 amide bonds. The Balaban J connectivity index is 3.03. The van der Waals surface area contributed by atoms with Crippen LogP contribution in [0.25, 0.3) is 0 Å². The maximum atomic E-state index is 13.1. The summed E-state index contributed by atoms with van der Waals surface area (Å²) >= 11 is 0. The number of nitrogens with one attached hydrogen (secondary N) is 1. The lowest BCUT2D eigenvalue weighted by molar-refractivity contribution is 0.630. The maximum absolute atomic E-state index is 13.1. The van der Waals surface area contributed by atoms with Crippen molar-refractivity contribution in [1.82, 2.24) is 0 Å². The first-order valence-electron chi connectivity index (χ1n) is 4.14. The van der Waals surface area contributed by atoms with Gasteiger partial charge in [-0.05, 0) is 19.1 Å². The fourth-order valence-corrected chi connectivity index (χ4v) is 0.899. The Bertz CT molecular complexity index is 394. The van der Waals surface area contributed by atoms with Gasteiger partial charge in [0.25, 0.3) is 0 Å². The molecule has 14 heavy (non-hydrogen) atoms. The maximum Gasteiger partial charge on any atom is 0.148 e. The molecule has 0 unspecified atom stereocenters. The molecule has 0 saturated carbocycles. The first-order valence-corrected chi connectivity index (χ1v) is 4.14. The summed E-state index contributed by atoms with van der Waals surface area (Å²) in [6.07, 6.45) is 1.10. The number of aliphatic imine (C=N–C) groups is 1. The fourth-order valence-electron chi connectivity index (χ4n) is 0.899. The largest absolute Gasteiger partial charge is 0.308 e. The van der Waals surface area contributed by atoms with Crippen LogP contribution in [0.5, 0.6) is 0 Å². The molecule has 2 nitrogen and oxygen atoms in total. The number of benzene rings is 1. The number of para-hydroxylation sites is 1. The fraction of sp³-hybridized carbons (Fsp3) is 0.0909. The molecule has 3 heteroatoms. The summed E-state index contributed by atoms with van der Waals surface area (Å²) in [7, 11) is 0. The molecule has 72 valence electrons. The van der Waals surface area contributed by atoms with Crippen LogP contribution in [-0.2, 0) is 0 Å². The van der Waals surface area contributed by atoms with Gasteiger partial charge in [-0.15, -0.1) is 0 Å². The van der Waals surface area contributed by atoms with Gasteiger partial charge in [0.15, 0.2) is 0 Å². The minimum Gasteiger partial charge on any atom is -0.308 e. The van der Waals surface area contributed by atoms with E-state index in [9.17, 15) is 4.39 Å². The van der Waals surface area contributed by atoms with Gasteiger partial charge >= 0.3 is 0 Å². The Kier molecular flexibility index (Phi) is 3.29. The lowest BCUT2D eigenvalue weighted by Crippen LogP contribution is -1.95. The van der Waals surface area contributed by atoms with Gasteiger partial charge in [0.2, 0.25) is 0 Å². The summed E-state index contributed by atoms with van der Waals surface area (Å²) in [5.41, 5.74) is 1.30. The third-order valence-electron chi connectivity index (χ3n) is 1.78. The lowest BCUT2D eigenvalue weighted by atomic mass is 10.2. The van der Waals surface area contributed by atoms with Crippen molar-refractivity contribution in [3.63, 3.8) is 0 Å². The smallest absolute Gasteiger partial charge is 0.148 e. The van der Waals surface area contributed by atoms with Crippen LogP contribution in [0.2, 0.25) is 0 Å². The highest BCUT2D eigenvalue weighted by Crippen LogP contribution is 2.17. The lowest BCUT2D eigenvalue weighted by Gasteiger charge is -1.99. The van der Waals surface area contributed by atoms with Gasteiger partial charge in [-0.25, -0.2) is 4.39 Å². The molecule has 0 aromatic heterocycles. The van der Waals surface area contributed by atoms with Gasteiger partial charge in [0, 0.05) is 17.5 Å². The minimum atomic E-state index is -0.371. The number of rotatable bonds is 3. The van der Waals surface area contributed by atoms with Crippen molar-refractivity contribution < 1.29 is 4.39 Å². The van der Waals surface area contributed by atoms with E-state index in [1.54, 1.807) is 25.1 Å². The van der Waals surface area contributed by atoms with Crippen molar-refractivity contribution in [2.75, 3.05) is 0 Å². The molecule has 0 radical (unpaired) electrons. The molecule has 0 aliphatic heterocycles. The predicted molar refractivity (Wildman–Crippen MR) is 57.1 cm³/mol. The molecular formula is C11H11FN2. The summed E-state index contributed by atoms with van der Waals surface area (Å²) in [4.78, 5) is 4.02. The third kappa shape index (κ3) is 2.36. The second-order valence-electron chi connectivity index (χ2n) is 2.82. The van der Waals surface area contributed by atoms with Gasteiger partial charge in [-0.1, -0.05) is 18.7 Å². The first-order chi connectivity index (χ1) is 6.65. The molecule has 0 bridgehead atoms. The van der Waals surface area contributed by atoms with E-state index in [0.717, 1.165) is 6.21 Å². The highest BCUT2D eigenvalue weighted by atomic mass is 19.1. The van der Waals surface area contributed by atoms with Crippen LogP contribution >= 0.6 is 0 Å². The Morgan fingerprint density at radius 2 is 2.14 bits per heavy atom. The number of hydrogen-bond donors (Lipinski definition) is 1. The van der Waals surface area contributed by atoms with E-state index in [0.29, 0.717) is 11.3 Å². The number of nitrogens with zero attached hydrogens (tertiary/aromatic N) is 1. The van der Waals surface area contributed by atoms with Crippen LogP contribution < -0.4 is 0 Å². The van der Waals surface area contributed by atoms with E-state index < -0.39 is 0 Å². The zero-order chi connectivity index (χ0) is 10.6. The summed E-state index contributed by atoms with van der Waals surface area (Å²) in [6, 6.07) is 6.24. The third-order valence-corrected chi connectivity index (χ3v) is 1.78. The molecule has 0 heterocycles. The van der Waals surface area contributed by atoms with Crippen molar-refractivity contribution in [2.24, 2.45) is 4.99 Å². The molecule has 1 aromatic carbocycles. The normalized spacial score (nSPS) is 11.1. The standard InChI is InChI=1S/C11H11FN2/c1-8(7-13)9(2)14-11-6-4-3-5-10(11)12/h3-7,13H,1H2,2H3/b13-7?,14-9+. The predicted octanol–water partition coefficient (Wildman–Crippen LogP) is 3.12. The molecule has 0 spiro atoms. The van der Waals surface area contributed by atoms with Crippen LogP contribution in [0, 0.1) is 11.2 Å². The van der Waals surface area contributed by atoms with Gasteiger partial charge in [-0.2, -0.15) is 0 Å². The topological polar surface area (TPSA) is 36.2 Å². The molecule has 0 fully saturated rings. The van der Waals surface area contributed by atoms with Crippen molar-refractivity contribution >= 4 is 17.6 Å². The Hall–Kier alpha value is -1.77. The van der Waals surface area contributed by atoms with Crippen molar-refractivity contribution in [2.45, 2.75) is 6.92 Å². The monoisotopic (exact) mass is 190 g/mol. The van der Waals surface area contributed by atoms with E-state index in [-0.39, 0.29) is 11.5 Å². The Morgan fingerprint density at radius 1 is 1.50 bits per heavy atom. The summed E-state index contributed by atoms with van der Waals surface area (Å²) in [5, 5.41) is 6.96. The first kappa shape index (κ1) is 10.3. The van der Waals surface area contributed by atoms with Crippen molar-refractivity contribution in [3.8, 4) is 0 Å². The molecule has 1 rings (SSSR count). The second kappa shape index (κ2) is 4.46. The van der Waals surface area contributed by atoms with E-state index in [4.69, 9.17) is 5.41 Å². The van der Waals surface area contributed by atoms with Gasteiger partial charge < -0.3 is 5.41 Å². The zero-order valence-electron chi connectivity index (χ0n) is 7.92. The second-order valence-corrected chi connectivity index (χ2v) is 2.82. The average Bonchev–Trinajstić information content (AvgIpc) is 2.20. The quantitative estimate of drug-likeness (QED) is 0.711. The van der Waals surface area contributed by atoms with Crippen LogP contribution in [0.1, 0.15) is 6.92 Å². The number of hydrogen-bond acceptors (Lipinski definition) is 2. The molecule has 0 aliphatic carbocycles. The summed E-state index contributed by atoms with van der Waals surface area (Å²) in [5.74, 6) is -0.371. The molecule has 1 aromatic rings. The molecule has 0 atom stereocenters. The summed E-state index contributed by atoms with van der Waals surface area (Å²) < 4.78 is 13.1. The SMILES string of the molecule is C=C(C=N)/C(C)=N/c1ccccc1F. The molecule has 0 aliphatic rings. The van der Waals surface area contributed by atoms with Crippen LogP contribution in [0.4, 0.5) is 10.1 Å². The van der Waals surface area contributed by atoms with Gasteiger partial charge in [-0.3, -0.25) is 4.99 Å². The Morgan fingerprint density at radius 3 is 2.71 bits per heavy atom. The van der Waals surface area contributed by atoms with Crippen molar-refractivity contribution in [3.05, 3.63) is 42.2 Å². The molecule has 1 N–H and O–H groups in total. The van der Waals surface area contributed by atoms with Crippen molar-refractivity contribution in [1.29, 1.82) is 5.41 Å². The molecular weight excluding hydrogens is 179 g/mol. The van der Waals surface area contributed by atoms with E-state index in [1.165, 1.54) is 6.07 Å². The Labute approximate surface area is 82.3 Å². The number of allylic oxidation sites excluding steroid dienone is 1. The van der Waals surface area contributed by atoms with Crippen LogP contribution in [-0.4, -0.2) is 11.9 Å².